The maximum absolute atomic E-state index is 13.1. The molecular weight excluding hydrogens is 344 g/mol. The van der Waals surface area contributed by atoms with Crippen LogP contribution in [0.2, 0.25) is 0 Å². The summed E-state index contributed by atoms with van der Waals surface area (Å²) in [6.45, 7) is 2.10. The first kappa shape index (κ1) is 17.7. The number of carbonyl (C=O) groups is 2. The van der Waals surface area contributed by atoms with Crippen LogP contribution < -0.4 is 0 Å². The zero-order valence-corrected chi connectivity index (χ0v) is 15.3. The van der Waals surface area contributed by atoms with Crippen molar-refractivity contribution in [2.75, 3.05) is 13.1 Å². The highest BCUT2D eigenvalue weighted by molar-refractivity contribution is 5.91. The molecule has 7 nitrogen and oxygen atoms in total. The van der Waals surface area contributed by atoms with E-state index in [0.29, 0.717) is 24.5 Å². The molecule has 2 aliphatic heterocycles. The van der Waals surface area contributed by atoms with Gasteiger partial charge in [0.05, 0.1) is 5.56 Å². The lowest BCUT2D eigenvalue weighted by molar-refractivity contribution is 0.0679. The SMILES string of the molecule is O=C(O)c1cccc(C2CCCN(C(=O)c3nnc4n3CCCCC4)C2)c1. The number of aromatic carboxylic acids is 1. The van der Waals surface area contributed by atoms with Gasteiger partial charge in [-0.25, -0.2) is 4.79 Å². The summed E-state index contributed by atoms with van der Waals surface area (Å²) < 4.78 is 1.99. The molecule has 0 radical (unpaired) electrons. The third-order valence-electron chi connectivity index (χ3n) is 5.61. The summed E-state index contributed by atoms with van der Waals surface area (Å²) in [6, 6.07) is 7.05. The highest BCUT2D eigenvalue weighted by atomic mass is 16.4. The monoisotopic (exact) mass is 368 g/mol. The number of amides is 1. The van der Waals surface area contributed by atoms with Crippen molar-refractivity contribution >= 4 is 11.9 Å². The number of nitrogens with zero attached hydrogens (tertiary/aromatic N) is 4. The number of carboxylic acids is 1. The average molecular weight is 368 g/mol. The van der Waals surface area contributed by atoms with Gasteiger partial charge in [-0.05, 0) is 43.4 Å². The number of likely N-dealkylation sites (tertiary alicyclic amines) is 1. The molecular formula is C20H24N4O3. The minimum absolute atomic E-state index is 0.0604. The maximum atomic E-state index is 13.1. The van der Waals surface area contributed by atoms with E-state index in [9.17, 15) is 14.7 Å². The Bertz CT molecular complexity index is 861. The largest absolute Gasteiger partial charge is 0.478 e. The number of carboxylic acid groups (broad SMARTS) is 1. The standard InChI is InChI=1S/C20H24N4O3/c25-19(18-22-21-17-9-2-1-3-11-24(17)18)23-10-5-8-16(13-23)14-6-4-7-15(12-14)20(26)27/h4,6-7,12,16H,1-3,5,8-11,13H2,(H,26,27). The predicted molar refractivity (Wildman–Crippen MR) is 98.9 cm³/mol. The predicted octanol–water partition coefficient (Wildman–Crippen LogP) is 2.72. The van der Waals surface area contributed by atoms with Gasteiger partial charge in [0.25, 0.3) is 5.91 Å². The van der Waals surface area contributed by atoms with Gasteiger partial charge in [-0.1, -0.05) is 18.6 Å². The molecule has 1 amide bonds. The Morgan fingerprint density at radius 1 is 1.07 bits per heavy atom. The second-order valence-corrected chi connectivity index (χ2v) is 7.42. The topological polar surface area (TPSA) is 88.3 Å². The number of rotatable bonds is 3. The molecule has 1 aromatic carbocycles. The van der Waals surface area contributed by atoms with Crippen molar-refractivity contribution in [1.29, 1.82) is 0 Å². The van der Waals surface area contributed by atoms with E-state index in [4.69, 9.17) is 0 Å². The van der Waals surface area contributed by atoms with E-state index in [2.05, 4.69) is 10.2 Å². The Kier molecular flexibility index (Phi) is 4.92. The molecule has 1 fully saturated rings. The maximum Gasteiger partial charge on any atom is 0.335 e. The molecule has 4 rings (SSSR count). The molecule has 3 heterocycles. The third-order valence-corrected chi connectivity index (χ3v) is 5.61. The number of benzene rings is 1. The van der Waals surface area contributed by atoms with Crippen LogP contribution in [0.5, 0.6) is 0 Å². The second kappa shape index (κ2) is 7.50. The number of piperidine rings is 1. The molecule has 1 atom stereocenters. The van der Waals surface area contributed by atoms with Gasteiger partial charge in [0.15, 0.2) is 0 Å². The highest BCUT2D eigenvalue weighted by Gasteiger charge is 2.29. The smallest absolute Gasteiger partial charge is 0.335 e. The molecule has 0 spiro atoms. The lowest BCUT2D eigenvalue weighted by atomic mass is 9.89. The first-order valence-corrected chi connectivity index (χ1v) is 9.68. The third kappa shape index (κ3) is 3.59. The lowest BCUT2D eigenvalue weighted by Gasteiger charge is -2.33. The second-order valence-electron chi connectivity index (χ2n) is 7.42. The average Bonchev–Trinajstić information content (AvgIpc) is 2.95. The zero-order valence-electron chi connectivity index (χ0n) is 15.3. The number of hydrogen-bond donors (Lipinski definition) is 1. The minimum atomic E-state index is -0.924. The molecule has 1 aromatic heterocycles. The van der Waals surface area contributed by atoms with E-state index in [1.54, 1.807) is 18.2 Å². The molecule has 1 unspecified atom stereocenters. The van der Waals surface area contributed by atoms with E-state index in [1.807, 2.05) is 15.5 Å². The molecule has 7 heteroatoms. The van der Waals surface area contributed by atoms with Gasteiger partial charge in [-0.15, -0.1) is 10.2 Å². The summed E-state index contributed by atoms with van der Waals surface area (Å²) >= 11 is 0. The summed E-state index contributed by atoms with van der Waals surface area (Å²) in [5.74, 6) is 0.528. The van der Waals surface area contributed by atoms with Crippen molar-refractivity contribution in [2.24, 2.45) is 0 Å². The summed E-state index contributed by atoms with van der Waals surface area (Å²) in [5, 5.41) is 17.7. The quantitative estimate of drug-likeness (QED) is 0.900. The fourth-order valence-corrected chi connectivity index (χ4v) is 4.14. The van der Waals surface area contributed by atoms with Crippen LogP contribution in [0.1, 0.15) is 70.4 Å². The zero-order chi connectivity index (χ0) is 18.8. The molecule has 0 aliphatic carbocycles. The van der Waals surface area contributed by atoms with E-state index in [1.165, 1.54) is 0 Å². The number of aryl methyl sites for hydroxylation is 1. The molecule has 1 saturated heterocycles. The molecule has 1 N–H and O–H groups in total. The van der Waals surface area contributed by atoms with Crippen LogP contribution in [-0.2, 0) is 13.0 Å². The van der Waals surface area contributed by atoms with Gasteiger partial charge in [0.2, 0.25) is 5.82 Å². The number of carbonyl (C=O) groups excluding carboxylic acids is 1. The number of fused-ring (bicyclic) bond motifs is 1. The van der Waals surface area contributed by atoms with Crippen LogP contribution in [0, 0.1) is 0 Å². The Balaban J connectivity index is 1.53. The van der Waals surface area contributed by atoms with Crippen molar-refractivity contribution < 1.29 is 14.7 Å². The van der Waals surface area contributed by atoms with E-state index in [0.717, 1.165) is 56.5 Å². The molecule has 142 valence electrons. The van der Waals surface area contributed by atoms with Gasteiger partial charge in [-0.2, -0.15) is 0 Å². The molecule has 0 bridgehead atoms. The van der Waals surface area contributed by atoms with Crippen LogP contribution in [0.3, 0.4) is 0 Å². The molecule has 2 aromatic rings. The van der Waals surface area contributed by atoms with Crippen LogP contribution in [0.25, 0.3) is 0 Å². The van der Waals surface area contributed by atoms with Gasteiger partial charge in [-0.3, -0.25) is 4.79 Å². The van der Waals surface area contributed by atoms with E-state index in [-0.39, 0.29) is 11.8 Å². The first-order valence-electron chi connectivity index (χ1n) is 9.68. The van der Waals surface area contributed by atoms with Crippen LogP contribution in [0.15, 0.2) is 24.3 Å². The van der Waals surface area contributed by atoms with Crippen molar-refractivity contribution in [2.45, 2.75) is 51.0 Å². The van der Waals surface area contributed by atoms with Crippen molar-refractivity contribution in [3.8, 4) is 0 Å². The Hall–Kier alpha value is -2.70. The van der Waals surface area contributed by atoms with Crippen molar-refractivity contribution in [3.05, 3.63) is 47.0 Å². The Morgan fingerprint density at radius 2 is 1.96 bits per heavy atom. The molecule has 2 aliphatic rings. The minimum Gasteiger partial charge on any atom is -0.478 e. The summed E-state index contributed by atoms with van der Waals surface area (Å²) in [4.78, 5) is 26.2. The summed E-state index contributed by atoms with van der Waals surface area (Å²) in [6.07, 6.45) is 6.03. The lowest BCUT2D eigenvalue weighted by Crippen LogP contribution is -2.40. The highest BCUT2D eigenvalue weighted by Crippen LogP contribution is 2.28. The fourth-order valence-electron chi connectivity index (χ4n) is 4.14. The van der Waals surface area contributed by atoms with Crippen LogP contribution >= 0.6 is 0 Å². The van der Waals surface area contributed by atoms with Gasteiger partial charge in [0.1, 0.15) is 5.82 Å². The summed E-state index contributed by atoms with van der Waals surface area (Å²) in [5.41, 5.74) is 1.27. The van der Waals surface area contributed by atoms with Crippen molar-refractivity contribution in [3.63, 3.8) is 0 Å². The number of aromatic nitrogens is 3. The van der Waals surface area contributed by atoms with Crippen LogP contribution in [0.4, 0.5) is 0 Å². The van der Waals surface area contributed by atoms with Gasteiger partial charge < -0.3 is 14.6 Å². The van der Waals surface area contributed by atoms with Gasteiger partial charge in [0, 0.05) is 32.0 Å². The first-order chi connectivity index (χ1) is 13.1. The van der Waals surface area contributed by atoms with Crippen LogP contribution in [-0.4, -0.2) is 49.7 Å². The van der Waals surface area contributed by atoms with Crippen molar-refractivity contribution in [1.82, 2.24) is 19.7 Å². The van der Waals surface area contributed by atoms with E-state index >= 15 is 0 Å². The number of hydrogen-bond acceptors (Lipinski definition) is 4. The van der Waals surface area contributed by atoms with Gasteiger partial charge >= 0.3 is 5.97 Å². The summed E-state index contributed by atoms with van der Waals surface area (Å²) in [7, 11) is 0. The molecule has 27 heavy (non-hydrogen) atoms. The van der Waals surface area contributed by atoms with E-state index < -0.39 is 5.97 Å². The Labute approximate surface area is 158 Å². The Morgan fingerprint density at radius 3 is 2.81 bits per heavy atom. The normalized spacial score (nSPS) is 20.0. The fraction of sp³-hybridized carbons (Fsp3) is 0.500. The molecule has 0 saturated carbocycles.